The van der Waals surface area contributed by atoms with E-state index < -0.39 is 0 Å². The predicted octanol–water partition coefficient (Wildman–Crippen LogP) is 1.77. The highest BCUT2D eigenvalue weighted by Crippen LogP contribution is 2.07. The van der Waals surface area contributed by atoms with Gasteiger partial charge in [-0.15, -0.1) is 0 Å². The van der Waals surface area contributed by atoms with Crippen molar-refractivity contribution in [3.05, 3.63) is 36.5 Å². The first-order valence-corrected chi connectivity index (χ1v) is 2.82. The molecule has 1 nitrogen and oxygen atoms in total. The summed E-state index contributed by atoms with van der Waals surface area (Å²) in [7, 11) is 0. The van der Waals surface area contributed by atoms with E-state index in [1.807, 2.05) is 18.3 Å². The van der Waals surface area contributed by atoms with Crippen molar-refractivity contribution >= 4 is 10.9 Å². The standard InChI is InChI=1S/C8H5N/c1-2-4-8-7(3-1)5-6-9-8/h1,4-6,9H. The summed E-state index contributed by atoms with van der Waals surface area (Å²) in [6.07, 6.45) is 1.90. The average molecular weight is 115 g/mol. The molecule has 0 fully saturated rings. The van der Waals surface area contributed by atoms with Crippen molar-refractivity contribution in [3.8, 4) is 0 Å². The summed E-state index contributed by atoms with van der Waals surface area (Å²) < 4.78 is 0. The molecule has 2 rings (SSSR count). The van der Waals surface area contributed by atoms with E-state index in [-0.39, 0.29) is 0 Å². The van der Waals surface area contributed by atoms with Crippen molar-refractivity contribution in [2.24, 2.45) is 0 Å². The Kier molecular flexibility index (Phi) is 0.833. The third-order valence-electron chi connectivity index (χ3n) is 1.32. The number of nitrogens with one attached hydrogen (secondary N) is 1. The monoisotopic (exact) mass is 115 g/mol. The Morgan fingerprint density at radius 1 is 1.44 bits per heavy atom. The number of benzene rings is 1. The number of H-pyrrole nitrogens is 1. The van der Waals surface area contributed by atoms with Crippen LogP contribution in [-0.4, -0.2) is 4.98 Å². The van der Waals surface area contributed by atoms with Crippen LogP contribution in [0.25, 0.3) is 10.9 Å². The van der Waals surface area contributed by atoms with E-state index in [0.29, 0.717) is 0 Å². The average Bonchev–Trinajstić information content (AvgIpc) is 2.33. The minimum atomic E-state index is 1.09. The Hall–Kier alpha value is -1.24. The molecule has 2 radical (unpaired) electrons. The Morgan fingerprint density at radius 2 is 2.44 bits per heavy atom. The minimum Gasteiger partial charge on any atom is -0.361 e. The minimum absolute atomic E-state index is 1.09. The molecule has 0 saturated heterocycles. The third-order valence-corrected chi connectivity index (χ3v) is 1.32. The summed E-state index contributed by atoms with van der Waals surface area (Å²) in [5.74, 6) is 0. The highest BCUT2D eigenvalue weighted by atomic mass is 14.6. The Morgan fingerprint density at radius 3 is 3.33 bits per heavy atom. The van der Waals surface area contributed by atoms with Gasteiger partial charge in [0.1, 0.15) is 0 Å². The van der Waals surface area contributed by atoms with Crippen LogP contribution in [-0.2, 0) is 0 Å². The van der Waals surface area contributed by atoms with Gasteiger partial charge in [0, 0.05) is 17.1 Å². The van der Waals surface area contributed by atoms with Crippen molar-refractivity contribution in [2.45, 2.75) is 0 Å². The number of rotatable bonds is 0. The first kappa shape index (κ1) is 4.62. The number of fused-ring (bicyclic) bond motifs is 1. The van der Waals surface area contributed by atoms with Crippen molar-refractivity contribution in [1.82, 2.24) is 4.98 Å². The molecule has 1 N–H and O–H groups in total. The molecular formula is C8H5N. The highest BCUT2D eigenvalue weighted by molar-refractivity contribution is 5.77. The van der Waals surface area contributed by atoms with Crippen molar-refractivity contribution < 1.29 is 0 Å². The second kappa shape index (κ2) is 1.62. The number of hydrogen-bond acceptors (Lipinski definition) is 0. The molecular weight excluding hydrogens is 110 g/mol. The molecule has 0 spiro atoms. The maximum atomic E-state index is 3.06. The number of aromatic amines is 1. The van der Waals surface area contributed by atoms with Crippen LogP contribution in [0.3, 0.4) is 0 Å². The molecule has 2 aromatic rings. The fraction of sp³-hybridized carbons (Fsp3) is 0. The Balaban J connectivity index is 2.95. The van der Waals surface area contributed by atoms with Crippen LogP contribution < -0.4 is 0 Å². The molecule has 0 aliphatic heterocycles. The fourth-order valence-corrected chi connectivity index (χ4v) is 0.872. The molecule has 0 saturated carbocycles. The molecule has 1 heteroatoms. The van der Waals surface area contributed by atoms with Gasteiger partial charge in [-0.2, -0.15) is 0 Å². The molecule has 0 unspecified atom stereocenters. The zero-order chi connectivity index (χ0) is 6.10. The number of hydrogen-bond donors (Lipinski definition) is 1. The maximum Gasteiger partial charge on any atom is 0.0466 e. The van der Waals surface area contributed by atoms with Crippen molar-refractivity contribution in [3.63, 3.8) is 0 Å². The van der Waals surface area contributed by atoms with Gasteiger partial charge in [-0.3, -0.25) is 0 Å². The summed E-state index contributed by atoms with van der Waals surface area (Å²) in [6.45, 7) is 0. The van der Waals surface area contributed by atoms with E-state index in [1.54, 1.807) is 6.07 Å². The predicted molar refractivity (Wildman–Crippen MR) is 36.0 cm³/mol. The normalized spacial score (nSPS) is 10.2. The van der Waals surface area contributed by atoms with Crippen LogP contribution in [0.2, 0.25) is 0 Å². The Bertz CT molecular complexity index is 279. The van der Waals surface area contributed by atoms with Gasteiger partial charge in [0.05, 0.1) is 0 Å². The summed E-state index contributed by atoms with van der Waals surface area (Å²) >= 11 is 0. The smallest absolute Gasteiger partial charge is 0.0466 e. The molecule has 0 aliphatic carbocycles. The van der Waals surface area contributed by atoms with E-state index in [0.717, 1.165) is 10.9 Å². The van der Waals surface area contributed by atoms with E-state index in [2.05, 4.69) is 17.1 Å². The van der Waals surface area contributed by atoms with Crippen LogP contribution in [0.4, 0.5) is 0 Å². The molecule has 1 aromatic heterocycles. The number of aromatic nitrogens is 1. The lowest BCUT2D eigenvalue weighted by molar-refractivity contribution is 1.48. The molecule has 0 amide bonds. The van der Waals surface area contributed by atoms with Gasteiger partial charge in [-0.1, -0.05) is 0 Å². The van der Waals surface area contributed by atoms with Crippen molar-refractivity contribution in [1.29, 1.82) is 0 Å². The third kappa shape index (κ3) is 0.617. The largest absolute Gasteiger partial charge is 0.361 e. The second-order valence-corrected chi connectivity index (χ2v) is 1.90. The molecule has 1 heterocycles. The first-order valence-electron chi connectivity index (χ1n) is 2.82. The van der Waals surface area contributed by atoms with Gasteiger partial charge in [0.2, 0.25) is 0 Å². The maximum absolute atomic E-state index is 3.06. The molecule has 0 atom stereocenters. The van der Waals surface area contributed by atoms with Gasteiger partial charge in [-0.05, 0) is 30.3 Å². The van der Waals surface area contributed by atoms with Crippen LogP contribution in [0.15, 0.2) is 24.4 Å². The van der Waals surface area contributed by atoms with Gasteiger partial charge >= 0.3 is 0 Å². The lowest BCUT2D eigenvalue weighted by Crippen LogP contribution is -1.63. The zero-order valence-electron chi connectivity index (χ0n) is 4.81. The zero-order valence-corrected chi connectivity index (χ0v) is 4.81. The highest BCUT2D eigenvalue weighted by Gasteiger charge is 1.87. The van der Waals surface area contributed by atoms with E-state index in [1.165, 1.54) is 0 Å². The lowest BCUT2D eigenvalue weighted by atomic mass is 10.3. The molecule has 1 aromatic carbocycles. The first-order chi connectivity index (χ1) is 4.47. The van der Waals surface area contributed by atoms with Crippen LogP contribution in [0.5, 0.6) is 0 Å². The van der Waals surface area contributed by atoms with Crippen LogP contribution in [0.1, 0.15) is 0 Å². The lowest BCUT2D eigenvalue weighted by Gasteiger charge is -1.81. The van der Waals surface area contributed by atoms with Crippen LogP contribution in [0, 0.1) is 12.1 Å². The van der Waals surface area contributed by atoms with E-state index in [4.69, 9.17) is 0 Å². The summed E-state index contributed by atoms with van der Waals surface area (Å²) in [5.41, 5.74) is 1.09. The summed E-state index contributed by atoms with van der Waals surface area (Å²) in [5, 5.41) is 1.12. The quantitative estimate of drug-likeness (QED) is 0.538. The SMILES string of the molecule is [c]1c[c]c2cc[nH]c2c1. The van der Waals surface area contributed by atoms with Gasteiger partial charge < -0.3 is 4.98 Å². The summed E-state index contributed by atoms with van der Waals surface area (Å²) in [6, 6.07) is 11.7. The van der Waals surface area contributed by atoms with Gasteiger partial charge in [0.25, 0.3) is 0 Å². The fourth-order valence-electron chi connectivity index (χ4n) is 0.872. The second-order valence-electron chi connectivity index (χ2n) is 1.90. The van der Waals surface area contributed by atoms with E-state index in [9.17, 15) is 0 Å². The Labute approximate surface area is 53.3 Å². The van der Waals surface area contributed by atoms with Crippen LogP contribution >= 0.6 is 0 Å². The van der Waals surface area contributed by atoms with Gasteiger partial charge in [-0.25, -0.2) is 0 Å². The molecule has 42 valence electrons. The molecule has 0 aliphatic rings. The van der Waals surface area contributed by atoms with Crippen molar-refractivity contribution in [2.75, 3.05) is 0 Å². The molecule has 9 heavy (non-hydrogen) atoms. The topological polar surface area (TPSA) is 15.8 Å². The summed E-state index contributed by atoms with van der Waals surface area (Å²) in [4.78, 5) is 3.06. The van der Waals surface area contributed by atoms with E-state index >= 15 is 0 Å². The molecule has 0 bridgehead atoms. The van der Waals surface area contributed by atoms with Gasteiger partial charge in [0.15, 0.2) is 0 Å².